The molecule has 0 spiro atoms. The summed E-state index contributed by atoms with van der Waals surface area (Å²) in [4.78, 5) is 18.7. The zero-order valence-corrected chi connectivity index (χ0v) is 11.7. The Labute approximate surface area is 112 Å². The highest BCUT2D eigenvalue weighted by atomic mass is 16.3. The second-order valence-electron chi connectivity index (χ2n) is 4.82. The molecule has 0 saturated heterocycles. The van der Waals surface area contributed by atoms with Gasteiger partial charge in [0.1, 0.15) is 5.82 Å². The van der Waals surface area contributed by atoms with E-state index in [9.17, 15) is 9.90 Å². The predicted octanol–water partition coefficient (Wildman–Crippen LogP) is 2.63. The van der Waals surface area contributed by atoms with Gasteiger partial charge in [0.25, 0.3) is 5.56 Å². The molecular weight excluding hydrogens is 240 g/mol. The van der Waals surface area contributed by atoms with Gasteiger partial charge in [0.15, 0.2) is 0 Å². The van der Waals surface area contributed by atoms with Gasteiger partial charge in [0.05, 0.1) is 5.56 Å². The maximum absolute atomic E-state index is 11.9. The van der Waals surface area contributed by atoms with Crippen molar-refractivity contribution in [2.24, 2.45) is 0 Å². The van der Waals surface area contributed by atoms with Crippen LogP contribution in [-0.4, -0.2) is 15.1 Å². The van der Waals surface area contributed by atoms with Crippen molar-refractivity contribution in [1.82, 2.24) is 9.97 Å². The summed E-state index contributed by atoms with van der Waals surface area (Å²) in [6, 6.07) is 4.03. The van der Waals surface area contributed by atoms with Crippen LogP contribution in [0.5, 0.6) is 5.88 Å². The van der Waals surface area contributed by atoms with Gasteiger partial charge in [-0.1, -0.05) is 13.0 Å². The Bertz CT molecular complexity index is 687. The zero-order valence-electron chi connectivity index (χ0n) is 11.7. The van der Waals surface area contributed by atoms with Crippen LogP contribution in [-0.2, 0) is 6.42 Å². The van der Waals surface area contributed by atoms with Crippen molar-refractivity contribution in [1.29, 1.82) is 0 Å². The molecule has 2 aromatic rings. The minimum Gasteiger partial charge on any atom is -0.493 e. The van der Waals surface area contributed by atoms with Crippen molar-refractivity contribution in [3.8, 4) is 17.3 Å². The van der Waals surface area contributed by atoms with Gasteiger partial charge >= 0.3 is 0 Å². The molecule has 2 N–H and O–H groups in total. The van der Waals surface area contributed by atoms with E-state index >= 15 is 0 Å². The van der Waals surface area contributed by atoms with Gasteiger partial charge in [-0.15, -0.1) is 0 Å². The molecule has 1 aromatic carbocycles. The van der Waals surface area contributed by atoms with Crippen LogP contribution in [0.4, 0.5) is 0 Å². The van der Waals surface area contributed by atoms with Gasteiger partial charge in [-0.3, -0.25) is 4.79 Å². The fourth-order valence-electron chi connectivity index (χ4n) is 2.15. The van der Waals surface area contributed by atoms with Crippen LogP contribution in [0.3, 0.4) is 0 Å². The maximum Gasteiger partial charge on any atom is 0.258 e. The smallest absolute Gasteiger partial charge is 0.258 e. The number of aromatic nitrogens is 2. The summed E-state index contributed by atoms with van der Waals surface area (Å²) >= 11 is 0. The van der Waals surface area contributed by atoms with E-state index in [2.05, 4.69) is 16.0 Å². The van der Waals surface area contributed by atoms with Crippen LogP contribution in [0, 0.1) is 20.8 Å². The van der Waals surface area contributed by atoms with E-state index in [-0.39, 0.29) is 11.4 Å². The second kappa shape index (κ2) is 4.88. The molecule has 0 radical (unpaired) electrons. The number of nitrogens with one attached hydrogen (secondary N) is 1. The molecule has 0 bridgehead atoms. The normalized spacial score (nSPS) is 10.7. The van der Waals surface area contributed by atoms with Crippen molar-refractivity contribution in [2.75, 3.05) is 0 Å². The number of aromatic hydroxyl groups is 1. The number of nitrogens with zero attached hydrogens (tertiary/aromatic N) is 1. The van der Waals surface area contributed by atoms with Crippen molar-refractivity contribution in [3.63, 3.8) is 0 Å². The van der Waals surface area contributed by atoms with Crippen molar-refractivity contribution in [2.45, 2.75) is 34.1 Å². The van der Waals surface area contributed by atoms with Crippen LogP contribution in [0.15, 0.2) is 16.9 Å². The number of aromatic amines is 1. The second-order valence-corrected chi connectivity index (χ2v) is 4.82. The number of rotatable bonds is 2. The van der Waals surface area contributed by atoms with E-state index in [4.69, 9.17) is 0 Å². The Morgan fingerprint density at radius 1 is 1.16 bits per heavy atom. The standard InChI is InChI=1S/C15H18N2O2/c1-5-11-14(18)16-13(17-15(11)19)12-7-9(3)8(2)6-10(12)4/h6-7H,5H2,1-4H3,(H2,16,17,18,19). The predicted molar refractivity (Wildman–Crippen MR) is 75.5 cm³/mol. The number of hydrogen-bond donors (Lipinski definition) is 2. The molecule has 0 aliphatic rings. The highest BCUT2D eigenvalue weighted by Crippen LogP contribution is 2.24. The lowest BCUT2D eigenvalue weighted by atomic mass is 10.0. The number of H-pyrrole nitrogens is 1. The fourth-order valence-corrected chi connectivity index (χ4v) is 2.15. The van der Waals surface area contributed by atoms with Crippen LogP contribution in [0.1, 0.15) is 29.2 Å². The first-order valence-electron chi connectivity index (χ1n) is 6.34. The van der Waals surface area contributed by atoms with Crippen LogP contribution >= 0.6 is 0 Å². The summed E-state index contributed by atoms with van der Waals surface area (Å²) in [6.45, 7) is 7.83. The lowest BCUT2D eigenvalue weighted by Gasteiger charge is -2.10. The summed E-state index contributed by atoms with van der Waals surface area (Å²) in [5.41, 5.74) is 4.24. The average molecular weight is 258 g/mol. The molecule has 0 fully saturated rings. The Hall–Kier alpha value is -2.10. The third kappa shape index (κ3) is 2.38. The van der Waals surface area contributed by atoms with Gasteiger partial charge in [-0.2, -0.15) is 4.98 Å². The summed E-state index contributed by atoms with van der Waals surface area (Å²) in [7, 11) is 0. The van der Waals surface area contributed by atoms with Gasteiger partial charge in [0, 0.05) is 5.56 Å². The lowest BCUT2D eigenvalue weighted by Crippen LogP contribution is -2.14. The molecule has 1 heterocycles. The van der Waals surface area contributed by atoms with Gasteiger partial charge < -0.3 is 10.1 Å². The number of aryl methyl sites for hydroxylation is 3. The van der Waals surface area contributed by atoms with Crippen LogP contribution in [0.2, 0.25) is 0 Å². The quantitative estimate of drug-likeness (QED) is 0.870. The molecule has 4 nitrogen and oxygen atoms in total. The van der Waals surface area contributed by atoms with Gasteiger partial charge in [0.2, 0.25) is 5.88 Å². The third-order valence-corrected chi connectivity index (χ3v) is 3.44. The fraction of sp³-hybridized carbons (Fsp3) is 0.333. The minimum absolute atomic E-state index is 0.182. The summed E-state index contributed by atoms with van der Waals surface area (Å²) in [5.74, 6) is 0.235. The molecule has 0 aliphatic carbocycles. The summed E-state index contributed by atoms with van der Waals surface area (Å²) in [6.07, 6.45) is 0.459. The van der Waals surface area contributed by atoms with E-state index in [1.165, 1.54) is 5.56 Å². The Kier molecular flexibility index (Phi) is 3.42. The number of hydrogen-bond acceptors (Lipinski definition) is 3. The Morgan fingerprint density at radius 3 is 2.37 bits per heavy atom. The molecule has 0 aliphatic heterocycles. The van der Waals surface area contributed by atoms with E-state index in [0.29, 0.717) is 17.8 Å². The van der Waals surface area contributed by atoms with Crippen molar-refractivity contribution >= 4 is 0 Å². The van der Waals surface area contributed by atoms with E-state index in [0.717, 1.165) is 16.7 Å². The third-order valence-electron chi connectivity index (χ3n) is 3.44. The first kappa shape index (κ1) is 13.3. The SMILES string of the molecule is CCc1c(O)nc(-c2cc(C)c(C)cc2C)[nH]c1=O. The van der Waals surface area contributed by atoms with E-state index < -0.39 is 0 Å². The van der Waals surface area contributed by atoms with Crippen molar-refractivity contribution < 1.29 is 5.11 Å². The van der Waals surface area contributed by atoms with E-state index in [1.54, 1.807) is 0 Å². The zero-order chi connectivity index (χ0) is 14.2. The van der Waals surface area contributed by atoms with Crippen LogP contribution < -0.4 is 5.56 Å². The Balaban J connectivity index is 2.67. The topological polar surface area (TPSA) is 66.0 Å². The molecular formula is C15H18N2O2. The monoisotopic (exact) mass is 258 g/mol. The molecule has 0 atom stereocenters. The Morgan fingerprint density at radius 2 is 1.79 bits per heavy atom. The minimum atomic E-state index is -0.275. The maximum atomic E-state index is 11.9. The summed E-state index contributed by atoms with van der Waals surface area (Å²) in [5, 5.41) is 9.82. The van der Waals surface area contributed by atoms with Gasteiger partial charge in [-0.05, 0) is 49.9 Å². The van der Waals surface area contributed by atoms with Crippen LogP contribution in [0.25, 0.3) is 11.4 Å². The molecule has 0 saturated carbocycles. The average Bonchev–Trinajstić information content (AvgIpc) is 2.33. The van der Waals surface area contributed by atoms with Crippen molar-refractivity contribution in [3.05, 3.63) is 44.7 Å². The van der Waals surface area contributed by atoms with Gasteiger partial charge in [-0.25, -0.2) is 0 Å². The lowest BCUT2D eigenvalue weighted by molar-refractivity contribution is 0.444. The highest BCUT2D eigenvalue weighted by molar-refractivity contribution is 5.62. The molecule has 100 valence electrons. The molecule has 0 amide bonds. The van der Waals surface area contributed by atoms with E-state index in [1.807, 2.05) is 33.8 Å². The molecule has 2 rings (SSSR count). The molecule has 1 aromatic heterocycles. The molecule has 19 heavy (non-hydrogen) atoms. The highest BCUT2D eigenvalue weighted by Gasteiger charge is 2.12. The molecule has 4 heteroatoms. The number of benzene rings is 1. The largest absolute Gasteiger partial charge is 0.493 e. The molecule has 0 unspecified atom stereocenters. The first-order valence-corrected chi connectivity index (χ1v) is 6.34. The first-order chi connectivity index (χ1) is 8.93. The summed E-state index contributed by atoms with van der Waals surface area (Å²) < 4.78 is 0.